The third-order valence-electron chi connectivity index (χ3n) is 5.48. The van der Waals surface area contributed by atoms with E-state index in [4.69, 9.17) is 37.2 Å². The van der Waals surface area contributed by atoms with E-state index >= 15 is 0 Å². The first-order valence-corrected chi connectivity index (χ1v) is 11.2. The maximum absolute atomic E-state index is 12.8. The smallest absolute Gasteiger partial charge is 0.241 e. The lowest BCUT2D eigenvalue weighted by Crippen LogP contribution is -2.40. The minimum atomic E-state index is -0.162. The summed E-state index contributed by atoms with van der Waals surface area (Å²) in [5, 5.41) is 7.96. The van der Waals surface area contributed by atoms with Gasteiger partial charge in [0.15, 0.2) is 11.5 Å². The summed E-state index contributed by atoms with van der Waals surface area (Å²) in [5.74, 6) is 1.95. The lowest BCUT2D eigenvalue weighted by atomic mass is 9.97. The van der Waals surface area contributed by atoms with Gasteiger partial charge in [0.25, 0.3) is 0 Å². The molecular formula is C23H24Cl2N4O4. The summed E-state index contributed by atoms with van der Waals surface area (Å²) < 4.78 is 16.1. The highest BCUT2D eigenvalue weighted by Gasteiger charge is 2.27. The second-order valence-electron chi connectivity index (χ2n) is 7.80. The van der Waals surface area contributed by atoms with Crippen LogP contribution in [0, 0.1) is 5.92 Å². The van der Waals surface area contributed by atoms with Gasteiger partial charge in [0.1, 0.15) is 0 Å². The molecule has 1 atom stereocenters. The standard InChI is InChI=1S/C23H24Cl2N4O4/c1-31-19-6-5-14(8-20(19)32-2)22-27-21(33-28-22)13-29-7-3-4-15(12-29)23(30)26-18-10-16(24)9-17(25)11-18/h5-6,8-11,15H,3-4,7,12-13H2,1-2H3,(H,26,30). The highest BCUT2D eigenvalue weighted by molar-refractivity contribution is 6.35. The van der Waals surface area contributed by atoms with Gasteiger partial charge < -0.3 is 19.3 Å². The van der Waals surface area contributed by atoms with E-state index in [1.807, 2.05) is 6.07 Å². The monoisotopic (exact) mass is 490 g/mol. The number of hydrogen-bond donors (Lipinski definition) is 1. The summed E-state index contributed by atoms with van der Waals surface area (Å²) in [6.07, 6.45) is 1.70. The second kappa shape index (κ2) is 10.4. The van der Waals surface area contributed by atoms with Crippen LogP contribution in [0.1, 0.15) is 18.7 Å². The molecule has 174 valence electrons. The highest BCUT2D eigenvalue weighted by atomic mass is 35.5. The van der Waals surface area contributed by atoms with Crippen LogP contribution in [-0.4, -0.2) is 48.3 Å². The molecule has 1 aliphatic heterocycles. The molecule has 1 aromatic heterocycles. The average molecular weight is 491 g/mol. The van der Waals surface area contributed by atoms with Crippen LogP contribution in [0.4, 0.5) is 5.69 Å². The number of amides is 1. The van der Waals surface area contributed by atoms with Crippen LogP contribution in [0.2, 0.25) is 10.0 Å². The largest absolute Gasteiger partial charge is 0.493 e. The van der Waals surface area contributed by atoms with Gasteiger partial charge in [-0.05, 0) is 55.8 Å². The Morgan fingerprint density at radius 1 is 1.15 bits per heavy atom. The summed E-state index contributed by atoms with van der Waals surface area (Å²) in [7, 11) is 3.16. The molecule has 1 aliphatic rings. The number of halogens is 2. The molecule has 1 N–H and O–H groups in total. The third kappa shape index (κ3) is 5.76. The van der Waals surface area contributed by atoms with Gasteiger partial charge in [0, 0.05) is 27.8 Å². The Morgan fingerprint density at radius 3 is 2.64 bits per heavy atom. The fourth-order valence-electron chi connectivity index (χ4n) is 3.89. The molecule has 0 radical (unpaired) electrons. The summed E-state index contributed by atoms with van der Waals surface area (Å²) in [5.41, 5.74) is 1.35. The first-order valence-electron chi connectivity index (χ1n) is 10.5. The number of benzene rings is 2. The van der Waals surface area contributed by atoms with Gasteiger partial charge in [0.2, 0.25) is 17.6 Å². The lowest BCUT2D eigenvalue weighted by molar-refractivity contribution is -0.121. The molecular weight excluding hydrogens is 467 g/mol. The molecule has 1 unspecified atom stereocenters. The van der Waals surface area contributed by atoms with Crippen molar-refractivity contribution in [3.8, 4) is 22.9 Å². The second-order valence-corrected chi connectivity index (χ2v) is 8.68. The molecule has 2 heterocycles. The van der Waals surface area contributed by atoms with E-state index in [0.717, 1.165) is 24.9 Å². The number of nitrogens with zero attached hydrogens (tertiary/aromatic N) is 3. The van der Waals surface area contributed by atoms with Gasteiger partial charge in [-0.2, -0.15) is 4.98 Å². The minimum absolute atomic E-state index is 0.0606. The summed E-state index contributed by atoms with van der Waals surface area (Å²) in [4.78, 5) is 19.5. The van der Waals surface area contributed by atoms with Crippen molar-refractivity contribution in [1.82, 2.24) is 15.0 Å². The molecule has 0 saturated carbocycles. The number of rotatable bonds is 7. The van der Waals surface area contributed by atoms with Crippen LogP contribution < -0.4 is 14.8 Å². The fourth-order valence-corrected chi connectivity index (χ4v) is 4.41. The molecule has 1 amide bonds. The Kier molecular flexibility index (Phi) is 7.37. The average Bonchev–Trinajstić information content (AvgIpc) is 3.26. The molecule has 4 rings (SSSR count). The number of hydrogen-bond acceptors (Lipinski definition) is 7. The predicted octanol–water partition coefficient (Wildman–Crippen LogP) is 4.91. The minimum Gasteiger partial charge on any atom is -0.493 e. The van der Waals surface area contributed by atoms with E-state index in [1.165, 1.54) is 0 Å². The van der Waals surface area contributed by atoms with Gasteiger partial charge in [-0.15, -0.1) is 0 Å². The number of aromatic nitrogens is 2. The van der Waals surface area contributed by atoms with Crippen LogP contribution in [0.3, 0.4) is 0 Å². The number of likely N-dealkylation sites (tertiary alicyclic amines) is 1. The van der Waals surface area contributed by atoms with Crippen LogP contribution in [0.25, 0.3) is 11.4 Å². The van der Waals surface area contributed by atoms with Crippen LogP contribution in [0.5, 0.6) is 11.5 Å². The Morgan fingerprint density at radius 2 is 1.91 bits per heavy atom. The van der Waals surface area contributed by atoms with E-state index in [-0.39, 0.29) is 11.8 Å². The van der Waals surface area contributed by atoms with E-state index < -0.39 is 0 Å². The van der Waals surface area contributed by atoms with Crippen LogP contribution >= 0.6 is 23.2 Å². The van der Waals surface area contributed by atoms with Gasteiger partial charge in [-0.3, -0.25) is 9.69 Å². The number of carbonyl (C=O) groups is 1. The van der Waals surface area contributed by atoms with E-state index in [9.17, 15) is 4.79 Å². The van der Waals surface area contributed by atoms with Crippen molar-refractivity contribution in [2.45, 2.75) is 19.4 Å². The molecule has 1 fully saturated rings. The van der Waals surface area contributed by atoms with Crippen molar-refractivity contribution in [2.75, 3.05) is 32.6 Å². The Hall–Kier alpha value is -2.81. The molecule has 2 aromatic carbocycles. The molecule has 10 heteroatoms. The fraction of sp³-hybridized carbons (Fsp3) is 0.348. The number of nitrogens with one attached hydrogen (secondary N) is 1. The molecule has 3 aromatic rings. The number of piperidine rings is 1. The van der Waals surface area contributed by atoms with Crippen molar-refractivity contribution in [3.63, 3.8) is 0 Å². The summed E-state index contributed by atoms with van der Waals surface area (Å²) >= 11 is 12.1. The van der Waals surface area contributed by atoms with E-state index in [1.54, 1.807) is 44.6 Å². The maximum Gasteiger partial charge on any atom is 0.241 e. The van der Waals surface area contributed by atoms with E-state index in [2.05, 4.69) is 20.4 Å². The Labute approximate surface area is 201 Å². The molecule has 1 saturated heterocycles. The SMILES string of the molecule is COc1ccc(-c2noc(CN3CCCC(C(=O)Nc4cc(Cl)cc(Cl)c4)C3)n2)cc1OC. The number of carbonyl (C=O) groups excluding carboxylic acids is 1. The molecule has 0 aliphatic carbocycles. The Balaban J connectivity index is 1.39. The zero-order chi connectivity index (χ0) is 23.4. The maximum atomic E-state index is 12.8. The Bertz CT molecular complexity index is 1120. The first kappa shape index (κ1) is 23.4. The summed E-state index contributed by atoms with van der Waals surface area (Å²) in [6, 6.07) is 10.4. The molecule has 0 bridgehead atoms. The molecule has 8 nitrogen and oxygen atoms in total. The van der Waals surface area contributed by atoms with Crippen molar-refractivity contribution in [2.24, 2.45) is 5.92 Å². The van der Waals surface area contributed by atoms with Crippen molar-refractivity contribution in [1.29, 1.82) is 0 Å². The molecule has 0 spiro atoms. The van der Waals surface area contributed by atoms with Crippen molar-refractivity contribution < 1.29 is 18.8 Å². The zero-order valence-electron chi connectivity index (χ0n) is 18.3. The van der Waals surface area contributed by atoms with Crippen LogP contribution in [0.15, 0.2) is 40.9 Å². The lowest BCUT2D eigenvalue weighted by Gasteiger charge is -2.30. The first-order chi connectivity index (χ1) is 15.9. The van der Waals surface area contributed by atoms with Crippen molar-refractivity contribution >= 4 is 34.8 Å². The highest BCUT2D eigenvalue weighted by Crippen LogP contribution is 2.31. The number of anilines is 1. The van der Waals surface area contributed by atoms with Gasteiger partial charge in [-0.25, -0.2) is 0 Å². The number of methoxy groups -OCH3 is 2. The quantitative estimate of drug-likeness (QED) is 0.502. The normalized spacial score (nSPS) is 16.4. The van der Waals surface area contributed by atoms with Crippen LogP contribution in [-0.2, 0) is 11.3 Å². The predicted molar refractivity (Wildman–Crippen MR) is 126 cm³/mol. The topological polar surface area (TPSA) is 89.7 Å². The van der Waals surface area contributed by atoms with Crippen molar-refractivity contribution in [3.05, 3.63) is 52.3 Å². The van der Waals surface area contributed by atoms with Gasteiger partial charge in [0.05, 0.1) is 26.7 Å². The third-order valence-corrected chi connectivity index (χ3v) is 5.91. The zero-order valence-corrected chi connectivity index (χ0v) is 19.8. The molecule has 33 heavy (non-hydrogen) atoms. The van der Waals surface area contributed by atoms with E-state index in [0.29, 0.717) is 52.0 Å². The summed E-state index contributed by atoms with van der Waals surface area (Å²) in [6.45, 7) is 1.90. The number of ether oxygens (including phenoxy) is 2. The van der Waals surface area contributed by atoms with Gasteiger partial charge in [-0.1, -0.05) is 28.4 Å². The van der Waals surface area contributed by atoms with Gasteiger partial charge >= 0.3 is 0 Å².